The van der Waals surface area contributed by atoms with Crippen LogP contribution in [-0.2, 0) is 9.59 Å². The van der Waals surface area contributed by atoms with Crippen molar-refractivity contribution in [3.05, 3.63) is 29.3 Å². The van der Waals surface area contributed by atoms with Gasteiger partial charge in [-0.25, -0.2) is 9.59 Å². The van der Waals surface area contributed by atoms with Gasteiger partial charge in [0.15, 0.2) is 5.17 Å². The van der Waals surface area contributed by atoms with E-state index in [0.717, 1.165) is 6.07 Å². The lowest BCUT2D eigenvalue weighted by atomic mass is 10.1. The van der Waals surface area contributed by atoms with Crippen LogP contribution < -0.4 is 5.32 Å². The largest absolute Gasteiger partial charge is 0.478 e. The highest BCUT2D eigenvalue weighted by molar-refractivity contribution is 8.15. The fraction of sp³-hybridized carbons (Fsp3) is 0.267. The molecule has 2 aliphatic rings. The zero-order chi connectivity index (χ0) is 18.1. The van der Waals surface area contributed by atoms with Crippen molar-refractivity contribution >= 4 is 46.4 Å². The highest BCUT2D eigenvalue weighted by atomic mass is 32.2. The normalized spacial score (nSPS) is 18.7. The summed E-state index contributed by atoms with van der Waals surface area (Å²) in [7, 11) is 0. The summed E-state index contributed by atoms with van der Waals surface area (Å²) in [6.07, 6.45) is -0.112. The maximum Gasteiger partial charge on any atom is 0.335 e. The Kier molecular flexibility index (Phi) is 4.45. The third-order valence-corrected chi connectivity index (χ3v) is 4.89. The van der Waals surface area contributed by atoms with E-state index in [0.29, 0.717) is 18.3 Å². The minimum Gasteiger partial charge on any atom is -0.478 e. The minimum absolute atomic E-state index is 0.0515. The zero-order valence-electron chi connectivity index (χ0n) is 12.8. The van der Waals surface area contributed by atoms with Crippen molar-refractivity contribution in [2.24, 2.45) is 4.99 Å². The molecule has 10 heteroatoms. The van der Waals surface area contributed by atoms with Crippen LogP contribution in [0.3, 0.4) is 0 Å². The van der Waals surface area contributed by atoms with Crippen molar-refractivity contribution in [2.75, 3.05) is 18.4 Å². The van der Waals surface area contributed by atoms with Gasteiger partial charge in [0.25, 0.3) is 0 Å². The Hall–Kier alpha value is -2.88. The smallest absolute Gasteiger partial charge is 0.335 e. The molecule has 3 rings (SSSR count). The third-order valence-electron chi connectivity index (χ3n) is 3.67. The predicted octanol–water partition coefficient (Wildman–Crippen LogP) is 0.725. The number of anilines is 1. The van der Waals surface area contributed by atoms with E-state index in [1.165, 1.54) is 28.8 Å². The molecule has 2 aliphatic heterocycles. The second-order valence-electron chi connectivity index (χ2n) is 5.42. The van der Waals surface area contributed by atoms with Crippen molar-refractivity contribution < 1.29 is 29.4 Å². The topological polar surface area (TPSA) is 136 Å². The molecular formula is C15H13N3O6S. The molecule has 1 aromatic rings. The first-order valence-corrected chi connectivity index (χ1v) is 8.17. The molecule has 25 heavy (non-hydrogen) atoms. The molecule has 1 unspecified atom stereocenters. The molecular weight excluding hydrogens is 350 g/mol. The summed E-state index contributed by atoms with van der Waals surface area (Å²) in [6, 6.07) is 3.33. The summed E-state index contributed by atoms with van der Waals surface area (Å²) in [6.45, 7) is 1.08. The van der Waals surface area contributed by atoms with Gasteiger partial charge in [-0.3, -0.25) is 19.5 Å². The lowest BCUT2D eigenvalue weighted by Gasteiger charge is -2.11. The number of hydrogen-bond donors (Lipinski definition) is 3. The van der Waals surface area contributed by atoms with Gasteiger partial charge >= 0.3 is 11.9 Å². The summed E-state index contributed by atoms with van der Waals surface area (Å²) in [5, 5.41) is 20.6. The number of thioether (sulfide) groups is 1. The maximum atomic E-state index is 12.2. The van der Waals surface area contributed by atoms with E-state index < -0.39 is 23.1 Å². The highest BCUT2D eigenvalue weighted by Crippen LogP contribution is 2.31. The van der Waals surface area contributed by atoms with Crippen LogP contribution in [0.1, 0.15) is 27.1 Å². The molecule has 3 N–H and O–H groups in total. The predicted molar refractivity (Wildman–Crippen MR) is 89.0 cm³/mol. The summed E-state index contributed by atoms with van der Waals surface area (Å²) < 4.78 is 0. The standard InChI is InChI=1S/C15H13N3O6S/c19-11(6-10-12(20)18-2-1-16-15(18)25-10)17-9-4-7(13(21)22)3-8(5-9)14(23)24/h3-5,10H,1-2,6H2,(H,17,19)(H,21,22)(H,23,24). The number of nitrogens with zero attached hydrogens (tertiary/aromatic N) is 2. The second kappa shape index (κ2) is 6.55. The Balaban J connectivity index is 1.72. The average Bonchev–Trinajstić information content (AvgIpc) is 3.11. The Morgan fingerprint density at radius 3 is 2.40 bits per heavy atom. The SMILES string of the molecule is O=C(CC1SC2=NCCN2C1=O)Nc1cc(C(=O)O)cc(C(=O)O)c1. The van der Waals surface area contributed by atoms with Crippen LogP contribution in [0.2, 0.25) is 0 Å². The number of fused-ring (bicyclic) bond motifs is 1. The molecule has 130 valence electrons. The van der Waals surface area contributed by atoms with Crippen molar-refractivity contribution in [1.29, 1.82) is 0 Å². The Morgan fingerprint density at radius 2 is 1.84 bits per heavy atom. The first-order valence-electron chi connectivity index (χ1n) is 7.29. The number of benzene rings is 1. The summed E-state index contributed by atoms with van der Waals surface area (Å²) >= 11 is 1.22. The first-order chi connectivity index (χ1) is 11.8. The quantitative estimate of drug-likeness (QED) is 0.701. The van der Waals surface area contributed by atoms with Gasteiger partial charge in [0, 0.05) is 18.7 Å². The Morgan fingerprint density at radius 1 is 1.20 bits per heavy atom. The molecule has 2 heterocycles. The molecule has 0 spiro atoms. The number of carbonyl (C=O) groups excluding carboxylic acids is 2. The molecule has 1 saturated heterocycles. The van der Waals surface area contributed by atoms with Gasteiger partial charge in [-0.15, -0.1) is 0 Å². The number of carbonyl (C=O) groups is 4. The minimum atomic E-state index is -1.31. The van der Waals surface area contributed by atoms with Crippen LogP contribution in [0.4, 0.5) is 5.69 Å². The number of amides is 2. The van der Waals surface area contributed by atoms with Crippen LogP contribution in [0.25, 0.3) is 0 Å². The van der Waals surface area contributed by atoms with Crippen molar-refractivity contribution in [2.45, 2.75) is 11.7 Å². The molecule has 0 radical (unpaired) electrons. The molecule has 1 aromatic carbocycles. The fourth-order valence-electron chi connectivity index (χ4n) is 2.54. The van der Waals surface area contributed by atoms with E-state index in [-0.39, 0.29) is 29.1 Å². The van der Waals surface area contributed by atoms with Crippen LogP contribution in [0.15, 0.2) is 23.2 Å². The Labute approximate surface area is 145 Å². The number of carboxylic acid groups (broad SMARTS) is 2. The van der Waals surface area contributed by atoms with Gasteiger partial charge in [-0.2, -0.15) is 0 Å². The van der Waals surface area contributed by atoms with E-state index >= 15 is 0 Å². The number of aliphatic imine (C=N–C) groups is 1. The lowest BCUT2D eigenvalue weighted by Crippen LogP contribution is -2.32. The van der Waals surface area contributed by atoms with Crippen LogP contribution in [0, 0.1) is 0 Å². The summed E-state index contributed by atoms with van der Waals surface area (Å²) in [4.78, 5) is 52.2. The number of aromatic carboxylic acids is 2. The van der Waals surface area contributed by atoms with E-state index in [4.69, 9.17) is 10.2 Å². The maximum absolute atomic E-state index is 12.2. The molecule has 1 atom stereocenters. The molecule has 1 fully saturated rings. The molecule has 9 nitrogen and oxygen atoms in total. The van der Waals surface area contributed by atoms with Gasteiger partial charge in [-0.05, 0) is 18.2 Å². The molecule has 2 amide bonds. The lowest BCUT2D eigenvalue weighted by molar-refractivity contribution is -0.127. The van der Waals surface area contributed by atoms with Gasteiger partial charge in [0.1, 0.15) is 5.25 Å². The van der Waals surface area contributed by atoms with Crippen molar-refractivity contribution in [3.63, 3.8) is 0 Å². The Bertz CT molecular complexity index is 789. The third kappa shape index (κ3) is 3.48. The number of rotatable bonds is 5. The van der Waals surface area contributed by atoms with E-state index in [1.54, 1.807) is 0 Å². The molecule has 0 aliphatic carbocycles. The first kappa shape index (κ1) is 17.0. The van der Waals surface area contributed by atoms with Crippen LogP contribution >= 0.6 is 11.8 Å². The molecule has 0 bridgehead atoms. The average molecular weight is 363 g/mol. The molecule has 0 saturated carbocycles. The molecule has 0 aromatic heterocycles. The van der Waals surface area contributed by atoms with Crippen molar-refractivity contribution in [3.8, 4) is 0 Å². The summed E-state index contributed by atoms with van der Waals surface area (Å²) in [5.41, 5.74) is -0.455. The van der Waals surface area contributed by atoms with Gasteiger partial charge in [0.2, 0.25) is 11.8 Å². The second-order valence-corrected chi connectivity index (χ2v) is 6.59. The fourth-order valence-corrected chi connectivity index (χ4v) is 3.73. The van der Waals surface area contributed by atoms with Gasteiger partial charge in [-0.1, -0.05) is 11.8 Å². The monoisotopic (exact) mass is 363 g/mol. The zero-order valence-corrected chi connectivity index (χ0v) is 13.6. The highest BCUT2D eigenvalue weighted by Gasteiger charge is 2.40. The number of amidine groups is 1. The van der Waals surface area contributed by atoms with E-state index in [2.05, 4.69) is 10.3 Å². The summed E-state index contributed by atoms with van der Waals surface area (Å²) in [5.74, 6) is -3.30. The number of carboxylic acids is 2. The number of nitrogens with one attached hydrogen (secondary N) is 1. The van der Waals surface area contributed by atoms with Gasteiger partial charge in [0.05, 0.1) is 17.7 Å². The van der Waals surface area contributed by atoms with Crippen LogP contribution in [0.5, 0.6) is 0 Å². The number of hydrogen-bond acceptors (Lipinski definition) is 6. The van der Waals surface area contributed by atoms with Crippen molar-refractivity contribution in [1.82, 2.24) is 4.90 Å². The van der Waals surface area contributed by atoms with Gasteiger partial charge < -0.3 is 15.5 Å². The van der Waals surface area contributed by atoms with Crippen LogP contribution in [-0.4, -0.2) is 62.4 Å². The van der Waals surface area contributed by atoms with E-state index in [1.807, 2.05) is 0 Å². The van der Waals surface area contributed by atoms with E-state index in [9.17, 15) is 19.2 Å².